The van der Waals surface area contributed by atoms with Crippen molar-refractivity contribution >= 4 is 5.91 Å². The van der Waals surface area contributed by atoms with E-state index in [0.29, 0.717) is 32.8 Å². The molecule has 2 unspecified atom stereocenters. The van der Waals surface area contributed by atoms with E-state index in [-0.39, 0.29) is 12.0 Å². The fourth-order valence-electron chi connectivity index (χ4n) is 1.96. The van der Waals surface area contributed by atoms with Crippen LogP contribution in [0.15, 0.2) is 30.3 Å². The summed E-state index contributed by atoms with van der Waals surface area (Å²) < 4.78 is 10.7. The SMILES string of the molecule is NC(Cc1ccccc1)C(=O)NCC1COCCO1. The number of nitrogens with one attached hydrogen (secondary N) is 1. The van der Waals surface area contributed by atoms with E-state index in [1.807, 2.05) is 30.3 Å². The number of hydrogen-bond acceptors (Lipinski definition) is 4. The second-order valence-electron chi connectivity index (χ2n) is 4.61. The zero-order valence-electron chi connectivity index (χ0n) is 10.9. The Labute approximate surface area is 113 Å². The number of carbonyl (C=O) groups excluding carboxylic acids is 1. The van der Waals surface area contributed by atoms with Crippen LogP contribution in [-0.2, 0) is 20.7 Å². The van der Waals surface area contributed by atoms with Gasteiger partial charge in [0, 0.05) is 6.54 Å². The molecule has 1 aliphatic rings. The first-order valence-corrected chi connectivity index (χ1v) is 6.52. The Balaban J connectivity index is 1.73. The smallest absolute Gasteiger partial charge is 0.237 e. The maximum absolute atomic E-state index is 11.9. The fourth-order valence-corrected chi connectivity index (χ4v) is 1.96. The van der Waals surface area contributed by atoms with Crippen LogP contribution in [0.3, 0.4) is 0 Å². The zero-order chi connectivity index (χ0) is 13.5. The highest BCUT2D eigenvalue weighted by molar-refractivity contribution is 5.81. The van der Waals surface area contributed by atoms with Crippen LogP contribution in [0.1, 0.15) is 5.56 Å². The molecule has 0 saturated carbocycles. The Kier molecular flexibility index (Phi) is 5.32. The number of rotatable bonds is 5. The minimum absolute atomic E-state index is 0.0679. The first-order chi connectivity index (χ1) is 9.25. The monoisotopic (exact) mass is 264 g/mol. The Morgan fingerprint density at radius 1 is 1.37 bits per heavy atom. The van der Waals surface area contributed by atoms with E-state index in [2.05, 4.69) is 5.32 Å². The average Bonchev–Trinajstić information content (AvgIpc) is 2.47. The maximum atomic E-state index is 11.9. The van der Waals surface area contributed by atoms with E-state index in [1.54, 1.807) is 0 Å². The highest BCUT2D eigenvalue weighted by Crippen LogP contribution is 2.03. The maximum Gasteiger partial charge on any atom is 0.237 e. The molecule has 1 fully saturated rings. The Morgan fingerprint density at radius 2 is 2.16 bits per heavy atom. The summed E-state index contributed by atoms with van der Waals surface area (Å²) in [6.45, 7) is 2.17. The van der Waals surface area contributed by atoms with E-state index in [4.69, 9.17) is 15.2 Å². The van der Waals surface area contributed by atoms with Crippen LogP contribution in [0.4, 0.5) is 0 Å². The quantitative estimate of drug-likeness (QED) is 0.790. The lowest BCUT2D eigenvalue weighted by Crippen LogP contribution is -2.46. The normalized spacial score (nSPS) is 20.8. The van der Waals surface area contributed by atoms with Crippen molar-refractivity contribution < 1.29 is 14.3 Å². The van der Waals surface area contributed by atoms with Crippen LogP contribution in [-0.4, -0.2) is 44.4 Å². The summed E-state index contributed by atoms with van der Waals surface area (Å²) in [6, 6.07) is 9.21. The molecule has 2 atom stereocenters. The summed E-state index contributed by atoms with van der Waals surface area (Å²) in [5, 5.41) is 2.80. The number of ether oxygens (including phenoxy) is 2. The van der Waals surface area contributed by atoms with E-state index in [0.717, 1.165) is 5.56 Å². The molecule has 0 spiro atoms. The van der Waals surface area contributed by atoms with Crippen molar-refractivity contribution in [3.8, 4) is 0 Å². The van der Waals surface area contributed by atoms with Gasteiger partial charge in [0.15, 0.2) is 0 Å². The van der Waals surface area contributed by atoms with Gasteiger partial charge in [0.05, 0.1) is 32.0 Å². The third-order valence-corrected chi connectivity index (χ3v) is 3.02. The van der Waals surface area contributed by atoms with Crippen molar-refractivity contribution in [2.45, 2.75) is 18.6 Å². The van der Waals surface area contributed by atoms with Gasteiger partial charge in [0.1, 0.15) is 0 Å². The number of benzene rings is 1. The molecule has 1 saturated heterocycles. The third-order valence-electron chi connectivity index (χ3n) is 3.02. The van der Waals surface area contributed by atoms with Gasteiger partial charge in [-0.15, -0.1) is 0 Å². The van der Waals surface area contributed by atoms with Gasteiger partial charge >= 0.3 is 0 Å². The lowest BCUT2D eigenvalue weighted by Gasteiger charge is -2.23. The standard InChI is InChI=1S/C14H20N2O3/c15-13(8-11-4-2-1-3-5-11)14(17)16-9-12-10-18-6-7-19-12/h1-5,12-13H,6-10,15H2,(H,16,17). The summed E-state index contributed by atoms with van der Waals surface area (Å²) in [5.41, 5.74) is 6.94. The predicted octanol–water partition coefficient (Wildman–Crippen LogP) is 0.0880. The van der Waals surface area contributed by atoms with Crippen LogP contribution in [0.2, 0.25) is 0 Å². The van der Waals surface area contributed by atoms with Crippen molar-refractivity contribution in [3.05, 3.63) is 35.9 Å². The summed E-state index contributed by atoms with van der Waals surface area (Å²) in [4.78, 5) is 11.9. The zero-order valence-corrected chi connectivity index (χ0v) is 10.9. The van der Waals surface area contributed by atoms with Crippen molar-refractivity contribution in [1.29, 1.82) is 0 Å². The molecule has 5 nitrogen and oxygen atoms in total. The van der Waals surface area contributed by atoms with Gasteiger partial charge in [-0.1, -0.05) is 30.3 Å². The lowest BCUT2D eigenvalue weighted by molar-refractivity contribution is -0.125. The molecule has 1 aliphatic heterocycles. The molecule has 1 aromatic rings. The molecule has 0 radical (unpaired) electrons. The number of hydrogen-bond donors (Lipinski definition) is 2. The highest BCUT2D eigenvalue weighted by atomic mass is 16.6. The van der Waals surface area contributed by atoms with E-state index < -0.39 is 6.04 Å². The molecule has 1 heterocycles. The predicted molar refractivity (Wildman–Crippen MR) is 71.7 cm³/mol. The molecular formula is C14H20N2O3. The highest BCUT2D eigenvalue weighted by Gasteiger charge is 2.18. The minimum Gasteiger partial charge on any atom is -0.376 e. The average molecular weight is 264 g/mol. The number of nitrogens with two attached hydrogens (primary N) is 1. The third kappa shape index (κ3) is 4.63. The second kappa shape index (κ2) is 7.23. The molecule has 5 heteroatoms. The second-order valence-corrected chi connectivity index (χ2v) is 4.61. The van der Waals surface area contributed by atoms with Crippen LogP contribution in [0.5, 0.6) is 0 Å². The molecule has 104 valence electrons. The van der Waals surface area contributed by atoms with Crippen LogP contribution in [0, 0.1) is 0 Å². The molecule has 19 heavy (non-hydrogen) atoms. The van der Waals surface area contributed by atoms with Gasteiger partial charge in [-0.05, 0) is 12.0 Å². The van der Waals surface area contributed by atoms with E-state index >= 15 is 0 Å². The molecular weight excluding hydrogens is 244 g/mol. The summed E-state index contributed by atoms with van der Waals surface area (Å²) in [5.74, 6) is -0.155. The molecule has 3 N–H and O–H groups in total. The fraction of sp³-hybridized carbons (Fsp3) is 0.500. The van der Waals surface area contributed by atoms with Crippen molar-refractivity contribution in [2.24, 2.45) is 5.73 Å². The largest absolute Gasteiger partial charge is 0.376 e. The molecule has 2 rings (SSSR count). The van der Waals surface area contributed by atoms with E-state index in [1.165, 1.54) is 0 Å². The van der Waals surface area contributed by atoms with Gasteiger partial charge < -0.3 is 20.5 Å². The minimum atomic E-state index is -0.535. The Morgan fingerprint density at radius 3 is 2.84 bits per heavy atom. The Hall–Kier alpha value is -1.43. The first-order valence-electron chi connectivity index (χ1n) is 6.52. The molecule has 1 aromatic carbocycles. The molecule has 1 amide bonds. The Bertz CT molecular complexity index is 391. The van der Waals surface area contributed by atoms with Gasteiger partial charge in [0.25, 0.3) is 0 Å². The summed E-state index contributed by atoms with van der Waals surface area (Å²) in [6.07, 6.45) is 0.468. The van der Waals surface area contributed by atoms with Gasteiger partial charge in [-0.2, -0.15) is 0 Å². The van der Waals surface area contributed by atoms with E-state index in [9.17, 15) is 4.79 Å². The van der Waals surface area contributed by atoms with Crippen molar-refractivity contribution in [2.75, 3.05) is 26.4 Å². The summed E-state index contributed by atoms with van der Waals surface area (Å²) >= 11 is 0. The van der Waals surface area contributed by atoms with Crippen LogP contribution >= 0.6 is 0 Å². The molecule has 0 aromatic heterocycles. The molecule has 0 aliphatic carbocycles. The van der Waals surface area contributed by atoms with Gasteiger partial charge in [0.2, 0.25) is 5.91 Å². The summed E-state index contributed by atoms with van der Waals surface area (Å²) in [7, 11) is 0. The topological polar surface area (TPSA) is 73.6 Å². The van der Waals surface area contributed by atoms with Crippen molar-refractivity contribution in [3.63, 3.8) is 0 Å². The van der Waals surface area contributed by atoms with Crippen molar-refractivity contribution in [1.82, 2.24) is 5.32 Å². The lowest BCUT2D eigenvalue weighted by atomic mass is 10.1. The number of carbonyl (C=O) groups is 1. The van der Waals surface area contributed by atoms with Gasteiger partial charge in [-0.3, -0.25) is 4.79 Å². The molecule has 0 bridgehead atoms. The van der Waals surface area contributed by atoms with Gasteiger partial charge in [-0.25, -0.2) is 0 Å². The number of amides is 1. The first kappa shape index (κ1) is 14.0. The van der Waals surface area contributed by atoms with Crippen LogP contribution < -0.4 is 11.1 Å². The van der Waals surface area contributed by atoms with Crippen LogP contribution in [0.25, 0.3) is 0 Å².